The largest absolute Gasteiger partial charge is 0.322 e. The van der Waals surface area contributed by atoms with E-state index in [4.69, 9.17) is 5.73 Å². The van der Waals surface area contributed by atoms with Crippen LogP contribution in [0.3, 0.4) is 0 Å². The van der Waals surface area contributed by atoms with Crippen molar-refractivity contribution < 1.29 is 8.78 Å². The van der Waals surface area contributed by atoms with Gasteiger partial charge in [0.1, 0.15) is 17.5 Å². The minimum Gasteiger partial charge on any atom is -0.322 e. The average Bonchev–Trinajstić information content (AvgIpc) is 2.77. The van der Waals surface area contributed by atoms with Gasteiger partial charge in [-0.1, -0.05) is 12.1 Å². The zero-order valence-corrected chi connectivity index (χ0v) is 11.6. The van der Waals surface area contributed by atoms with Crippen molar-refractivity contribution in [3.8, 4) is 0 Å². The first kappa shape index (κ1) is 13.7. The lowest BCUT2D eigenvalue weighted by molar-refractivity contribution is 0.620. The molecule has 3 aromatic rings. The summed E-state index contributed by atoms with van der Waals surface area (Å²) in [6, 6.07) is 10.5. The molecule has 1 heterocycles. The number of nitrogens with two attached hydrogens (primary N) is 1. The normalized spacial score (nSPS) is 12.8. The average molecular weight is 287 g/mol. The first-order valence-electron chi connectivity index (χ1n) is 6.70. The predicted molar refractivity (Wildman–Crippen MR) is 77.8 cm³/mol. The molecular formula is C16H15F2N3. The van der Waals surface area contributed by atoms with Crippen molar-refractivity contribution in [2.75, 3.05) is 0 Å². The van der Waals surface area contributed by atoms with Crippen LogP contribution in [0.1, 0.15) is 24.4 Å². The molecule has 3 rings (SSSR count). The van der Waals surface area contributed by atoms with E-state index in [0.29, 0.717) is 17.9 Å². The van der Waals surface area contributed by atoms with E-state index in [2.05, 4.69) is 4.98 Å². The molecule has 2 N–H and O–H groups in total. The van der Waals surface area contributed by atoms with Gasteiger partial charge in [-0.05, 0) is 36.8 Å². The van der Waals surface area contributed by atoms with E-state index in [1.165, 1.54) is 24.3 Å². The van der Waals surface area contributed by atoms with E-state index in [9.17, 15) is 8.78 Å². The summed E-state index contributed by atoms with van der Waals surface area (Å²) in [6.45, 7) is 2.26. The molecular weight excluding hydrogens is 272 g/mol. The third-order valence-corrected chi connectivity index (χ3v) is 3.38. The molecule has 0 bridgehead atoms. The number of benzene rings is 2. The SMILES string of the molecule is CC(N)c1nc2cc(F)ccc2n1Cc1cccc(F)c1. The topological polar surface area (TPSA) is 43.8 Å². The van der Waals surface area contributed by atoms with Crippen LogP contribution >= 0.6 is 0 Å². The van der Waals surface area contributed by atoms with Crippen LogP contribution in [-0.2, 0) is 6.54 Å². The smallest absolute Gasteiger partial charge is 0.126 e. The standard InChI is InChI=1S/C16H15F2N3/c1-10(19)16-20-14-8-13(18)5-6-15(14)21(16)9-11-3-2-4-12(17)7-11/h2-8,10H,9,19H2,1H3. The molecule has 5 heteroatoms. The molecule has 0 saturated carbocycles. The highest BCUT2D eigenvalue weighted by molar-refractivity contribution is 5.76. The zero-order valence-electron chi connectivity index (χ0n) is 11.6. The Balaban J connectivity index is 2.13. The van der Waals surface area contributed by atoms with Crippen molar-refractivity contribution >= 4 is 11.0 Å². The first-order chi connectivity index (χ1) is 10.0. The summed E-state index contributed by atoms with van der Waals surface area (Å²) in [6.07, 6.45) is 0. The third-order valence-electron chi connectivity index (χ3n) is 3.38. The fraction of sp³-hybridized carbons (Fsp3) is 0.188. The Kier molecular flexibility index (Phi) is 3.43. The van der Waals surface area contributed by atoms with E-state index in [0.717, 1.165) is 11.1 Å². The Morgan fingerprint density at radius 1 is 1.14 bits per heavy atom. The molecule has 0 aliphatic carbocycles. The molecule has 0 spiro atoms. The predicted octanol–water partition coefficient (Wildman–Crippen LogP) is 3.38. The summed E-state index contributed by atoms with van der Waals surface area (Å²) >= 11 is 0. The van der Waals surface area contributed by atoms with Gasteiger partial charge in [0.25, 0.3) is 0 Å². The fourth-order valence-electron chi connectivity index (χ4n) is 2.45. The maximum absolute atomic E-state index is 13.3. The molecule has 0 radical (unpaired) electrons. The molecule has 1 aromatic heterocycles. The minimum atomic E-state index is -0.339. The summed E-state index contributed by atoms with van der Waals surface area (Å²) < 4.78 is 28.5. The van der Waals surface area contributed by atoms with Crippen LogP contribution in [0.5, 0.6) is 0 Å². The molecule has 0 amide bonds. The number of rotatable bonds is 3. The first-order valence-corrected chi connectivity index (χ1v) is 6.70. The Morgan fingerprint density at radius 2 is 1.90 bits per heavy atom. The van der Waals surface area contributed by atoms with Crippen LogP contribution in [0.15, 0.2) is 42.5 Å². The fourth-order valence-corrected chi connectivity index (χ4v) is 2.45. The van der Waals surface area contributed by atoms with E-state index in [-0.39, 0.29) is 17.7 Å². The summed E-state index contributed by atoms with van der Waals surface area (Å²) in [5.74, 6) is 0.0271. The van der Waals surface area contributed by atoms with Gasteiger partial charge in [-0.15, -0.1) is 0 Å². The van der Waals surface area contributed by atoms with E-state index < -0.39 is 0 Å². The van der Waals surface area contributed by atoms with Crippen LogP contribution in [-0.4, -0.2) is 9.55 Å². The monoisotopic (exact) mass is 287 g/mol. The Bertz CT molecular complexity index is 793. The highest BCUT2D eigenvalue weighted by Gasteiger charge is 2.15. The van der Waals surface area contributed by atoms with Crippen LogP contribution in [0.2, 0.25) is 0 Å². The number of nitrogens with zero attached hydrogens (tertiary/aromatic N) is 2. The highest BCUT2D eigenvalue weighted by atomic mass is 19.1. The zero-order chi connectivity index (χ0) is 15.0. The van der Waals surface area contributed by atoms with Crippen LogP contribution in [0.25, 0.3) is 11.0 Å². The molecule has 108 valence electrons. The third kappa shape index (κ3) is 2.64. The van der Waals surface area contributed by atoms with Gasteiger partial charge in [0, 0.05) is 12.6 Å². The second-order valence-electron chi connectivity index (χ2n) is 5.11. The van der Waals surface area contributed by atoms with Gasteiger partial charge in [-0.25, -0.2) is 13.8 Å². The van der Waals surface area contributed by atoms with Crippen molar-refractivity contribution in [3.05, 3.63) is 65.5 Å². The number of imidazole rings is 1. The van der Waals surface area contributed by atoms with Crippen LogP contribution < -0.4 is 5.73 Å². The molecule has 1 atom stereocenters. The van der Waals surface area contributed by atoms with Crippen molar-refractivity contribution in [1.29, 1.82) is 0 Å². The molecule has 0 aliphatic heterocycles. The second kappa shape index (κ2) is 5.26. The molecule has 3 nitrogen and oxygen atoms in total. The summed E-state index contributed by atoms with van der Waals surface area (Å²) in [7, 11) is 0. The van der Waals surface area contributed by atoms with Gasteiger partial charge in [0.05, 0.1) is 17.1 Å². The van der Waals surface area contributed by atoms with Gasteiger partial charge in [0.15, 0.2) is 0 Å². The number of halogens is 2. The minimum absolute atomic E-state index is 0.287. The summed E-state index contributed by atoms with van der Waals surface area (Å²) in [5, 5.41) is 0. The lowest BCUT2D eigenvalue weighted by atomic mass is 10.2. The maximum Gasteiger partial charge on any atom is 0.126 e. The van der Waals surface area contributed by atoms with Gasteiger partial charge >= 0.3 is 0 Å². The molecule has 0 saturated heterocycles. The van der Waals surface area contributed by atoms with Gasteiger partial charge in [0.2, 0.25) is 0 Å². The lowest BCUT2D eigenvalue weighted by Crippen LogP contribution is -2.14. The van der Waals surface area contributed by atoms with Crippen LogP contribution in [0.4, 0.5) is 8.78 Å². The van der Waals surface area contributed by atoms with Gasteiger partial charge in [-0.3, -0.25) is 0 Å². The van der Waals surface area contributed by atoms with E-state index in [1.54, 1.807) is 12.1 Å². The highest BCUT2D eigenvalue weighted by Crippen LogP contribution is 2.22. The molecule has 0 fully saturated rings. The Morgan fingerprint density at radius 3 is 2.62 bits per heavy atom. The molecule has 2 aromatic carbocycles. The number of fused-ring (bicyclic) bond motifs is 1. The lowest BCUT2D eigenvalue weighted by Gasteiger charge is -2.11. The number of hydrogen-bond donors (Lipinski definition) is 1. The molecule has 1 unspecified atom stereocenters. The number of aromatic nitrogens is 2. The van der Waals surface area contributed by atoms with Crippen molar-refractivity contribution in [2.45, 2.75) is 19.5 Å². The van der Waals surface area contributed by atoms with Crippen molar-refractivity contribution in [2.24, 2.45) is 5.73 Å². The second-order valence-corrected chi connectivity index (χ2v) is 5.11. The summed E-state index contributed by atoms with van der Waals surface area (Å²) in [5.41, 5.74) is 8.09. The van der Waals surface area contributed by atoms with E-state index >= 15 is 0 Å². The molecule has 21 heavy (non-hydrogen) atoms. The van der Waals surface area contributed by atoms with Crippen molar-refractivity contribution in [3.63, 3.8) is 0 Å². The quantitative estimate of drug-likeness (QED) is 0.802. The number of hydrogen-bond acceptors (Lipinski definition) is 2. The van der Waals surface area contributed by atoms with E-state index in [1.807, 2.05) is 17.6 Å². The molecule has 0 aliphatic rings. The Labute approximate surface area is 121 Å². The van der Waals surface area contributed by atoms with Crippen LogP contribution in [0, 0.1) is 11.6 Å². The van der Waals surface area contributed by atoms with Gasteiger partial charge < -0.3 is 10.3 Å². The maximum atomic E-state index is 13.3. The van der Waals surface area contributed by atoms with Gasteiger partial charge in [-0.2, -0.15) is 0 Å². The van der Waals surface area contributed by atoms with Crippen molar-refractivity contribution in [1.82, 2.24) is 9.55 Å². The Hall–Kier alpha value is -2.27. The summed E-state index contributed by atoms with van der Waals surface area (Å²) in [4.78, 5) is 4.40.